The first-order chi connectivity index (χ1) is 13.2. The zero-order valence-electron chi connectivity index (χ0n) is 15.6. The van der Waals surface area contributed by atoms with E-state index in [4.69, 9.17) is 5.41 Å². The summed E-state index contributed by atoms with van der Waals surface area (Å²) in [5.41, 5.74) is 0.856. The molecule has 3 aliphatic rings. The lowest BCUT2D eigenvalue weighted by atomic mass is 9.92. The van der Waals surface area contributed by atoms with Crippen molar-refractivity contribution in [2.75, 3.05) is 43.9 Å². The molecule has 0 amide bonds. The fourth-order valence-electron chi connectivity index (χ4n) is 4.59. The van der Waals surface area contributed by atoms with Gasteiger partial charge in [-0.3, -0.25) is 5.41 Å². The van der Waals surface area contributed by atoms with Crippen molar-refractivity contribution in [1.29, 1.82) is 5.41 Å². The molecule has 7 nitrogen and oxygen atoms in total. The maximum absolute atomic E-state index is 8.83. The number of rotatable bonds is 2. The van der Waals surface area contributed by atoms with Crippen LogP contribution in [0.4, 0.5) is 5.82 Å². The summed E-state index contributed by atoms with van der Waals surface area (Å²) in [6.45, 7) is 4.07. The number of thioether (sulfide) groups is 1. The second-order valence-corrected chi connectivity index (χ2v) is 8.79. The van der Waals surface area contributed by atoms with Crippen LogP contribution in [-0.4, -0.2) is 75.6 Å². The Morgan fingerprint density at radius 1 is 1.26 bits per heavy atom. The maximum Gasteiger partial charge on any atom is 0.145 e. The van der Waals surface area contributed by atoms with Crippen LogP contribution in [0.15, 0.2) is 29.7 Å². The van der Waals surface area contributed by atoms with Crippen molar-refractivity contribution >= 4 is 34.4 Å². The Labute approximate surface area is 163 Å². The fourth-order valence-corrected chi connectivity index (χ4v) is 5.57. The van der Waals surface area contributed by atoms with Crippen LogP contribution < -0.4 is 4.90 Å². The molecule has 3 aliphatic heterocycles. The topological polar surface area (TPSA) is 75.1 Å². The lowest BCUT2D eigenvalue weighted by Crippen LogP contribution is -2.49. The largest absolute Gasteiger partial charge is 0.355 e. The third-order valence-electron chi connectivity index (χ3n) is 6.16. The van der Waals surface area contributed by atoms with Crippen LogP contribution in [0.1, 0.15) is 12.8 Å². The summed E-state index contributed by atoms with van der Waals surface area (Å²) in [7, 11) is 2.23. The molecule has 0 spiro atoms. The van der Waals surface area contributed by atoms with Gasteiger partial charge in [-0.2, -0.15) is 0 Å². The summed E-state index contributed by atoms with van der Waals surface area (Å²) in [6.07, 6.45) is 8.13. The number of likely N-dealkylation sites (tertiary alicyclic amines) is 2. The molecule has 0 aliphatic carbocycles. The number of hydrogen-bond donors (Lipinski definition) is 2. The van der Waals surface area contributed by atoms with Gasteiger partial charge in [-0.15, -0.1) is 11.8 Å². The molecular formula is C19H25N7S. The Morgan fingerprint density at radius 2 is 2.15 bits per heavy atom. The third kappa shape index (κ3) is 3.00. The highest BCUT2D eigenvalue weighted by atomic mass is 32.2. The summed E-state index contributed by atoms with van der Waals surface area (Å²) in [5.74, 6) is 3.36. The van der Waals surface area contributed by atoms with Crippen LogP contribution in [0.3, 0.4) is 0 Å². The summed E-state index contributed by atoms with van der Waals surface area (Å²) in [5, 5.41) is 9.86. The van der Waals surface area contributed by atoms with Gasteiger partial charge in [0.25, 0.3) is 0 Å². The molecule has 5 heterocycles. The van der Waals surface area contributed by atoms with Gasteiger partial charge in [0.2, 0.25) is 0 Å². The van der Waals surface area contributed by atoms with Crippen LogP contribution in [-0.2, 0) is 0 Å². The van der Waals surface area contributed by atoms with E-state index in [1.807, 2.05) is 12.3 Å². The van der Waals surface area contributed by atoms with Crippen molar-refractivity contribution in [3.63, 3.8) is 0 Å². The molecule has 2 N–H and O–H groups in total. The number of anilines is 1. The van der Waals surface area contributed by atoms with E-state index in [1.54, 1.807) is 18.1 Å². The molecule has 2 atom stereocenters. The van der Waals surface area contributed by atoms with Crippen LogP contribution in [0.2, 0.25) is 0 Å². The minimum Gasteiger partial charge on any atom is -0.355 e. The van der Waals surface area contributed by atoms with Crippen molar-refractivity contribution < 1.29 is 0 Å². The quantitative estimate of drug-likeness (QED) is 0.613. The van der Waals surface area contributed by atoms with Crippen molar-refractivity contribution in [1.82, 2.24) is 24.8 Å². The minimum absolute atomic E-state index is 0.603. The van der Waals surface area contributed by atoms with E-state index in [9.17, 15) is 0 Å². The molecular weight excluding hydrogens is 358 g/mol. The fraction of sp³-hybridized carbons (Fsp3) is 0.526. The summed E-state index contributed by atoms with van der Waals surface area (Å²) in [6, 6.07) is 2.62. The Hall–Kier alpha value is -2.06. The number of hydrogen-bond acceptors (Lipinski definition) is 6. The average Bonchev–Trinajstić information content (AvgIpc) is 3.34. The summed E-state index contributed by atoms with van der Waals surface area (Å²) >= 11 is 1.79. The molecule has 0 aromatic carbocycles. The van der Waals surface area contributed by atoms with E-state index in [0.29, 0.717) is 11.9 Å². The molecule has 2 saturated heterocycles. The van der Waals surface area contributed by atoms with E-state index >= 15 is 0 Å². The molecule has 2 fully saturated rings. The monoisotopic (exact) mass is 383 g/mol. The SMILES string of the molecule is CN1CC[C@H]2CCN(C(=N)C3=CN(c4ncnc5[nH]ccc45)CCS3)C[C@H]21. The molecule has 0 radical (unpaired) electrons. The highest BCUT2D eigenvalue weighted by Gasteiger charge is 2.37. The highest BCUT2D eigenvalue weighted by molar-refractivity contribution is 8.04. The van der Waals surface area contributed by atoms with Gasteiger partial charge in [0.15, 0.2) is 0 Å². The number of aromatic amines is 1. The molecule has 0 bridgehead atoms. The van der Waals surface area contributed by atoms with Crippen molar-refractivity contribution in [3.8, 4) is 0 Å². The van der Waals surface area contributed by atoms with Crippen LogP contribution in [0.25, 0.3) is 11.0 Å². The van der Waals surface area contributed by atoms with E-state index < -0.39 is 0 Å². The molecule has 5 rings (SSSR count). The number of fused-ring (bicyclic) bond motifs is 2. The first-order valence-corrected chi connectivity index (χ1v) is 10.6. The molecule has 142 valence electrons. The highest BCUT2D eigenvalue weighted by Crippen LogP contribution is 2.34. The Kier molecular flexibility index (Phi) is 4.32. The van der Waals surface area contributed by atoms with E-state index in [2.05, 4.69) is 42.9 Å². The van der Waals surface area contributed by atoms with Crippen molar-refractivity contribution in [2.24, 2.45) is 5.92 Å². The molecule has 8 heteroatoms. The van der Waals surface area contributed by atoms with Gasteiger partial charge in [0.1, 0.15) is 23.6 Å². The molecule has 0 unspecified atom stereocenters. The number of amidine groups is 1. The zero-order chi connectivity index (χ0) is 18.4. The first-order valence-electron chi connectivity index (χ1n) is 9.64. The standard InChI is InChI=1S/C19H25N7S/c1-24-6-3-13-4-7-25(10-15(13)24)17(20)16-11-26(8-9-27-16)19-14-2-5-21-18(14)22-12-23-19/h2,5,11-13,15,20H,3-4,6-10H2,1H3,(H,21,22,23)/t13-,15+/m0/s1. The average molecular weight is 384 g/mol. The maximum atomic E-state index is 8.83. The lowest BCUT2D eigenvalue weighted by molar-refractivity contribution is 0.168. The molecule has 0 saturated carbocycles. The van der Waals surface area contributed by atoms with Crippen LogP contribution >= 0.6 is 11.8 Å². The summed E-state index contributed by atoms with van der Waals surface area (Å²) < 4.78 is 0. The van der Waals surface area contributed by atoms with Gasteiger partial charge in [-0.1, -0.05) is 0 Å². The van der Waals surface area contributed by atoms with Gasteiger partial charge in [0, 0.05) is 43.8 Å². The van der Waals surface area contributed by atoms with E-state index in [-0.39, 0.29) is 0 Å². The third-order valence-corrected chi connectivity index (χ3v) is 7.15. The van der Waals surface area contributed by atoms with Gasteiger partial charge in [0.05, 0.1) is 10.3 Å². The van der Waals surface area contributed by atoms with Crippen LogP contribution in [0.5, 0.6) is 0 Å². The van der Waals surface area contributed by atoms with Gasteiger partial charge in [-0.05, 0) is 38.4 Å². The predicted octanol–water partition coefficient (Wildman–Crippen LogP) is 2.36. The molecule has 2 aromatic heterocycles. The second-order valence-electron chi connectivity index (χ2n) is 7.65. The Bertz CT molecular complexity index is 891. The minimum atomic E-state index is 0.603. The number of nitrogens with zero attached hydrogens (tertiary/aromatic N) is 5. The van der Waals surface area contributed by atoms with Crippen molar-refractivity contribution in [3.05, 3.63) is 29.7 Å². The number of nitrogens with one attached hydrogen (secondary N) is 2. The van der Waals surface area contributed by atoms with E-state index in [0.717, 1.165) is 53.1 Å². The molecule has 2 aromatic rings. The predicted molar refractivity (Wildman–Crippen MR) is 110 cm³/mol. The number of aromatic nitrogens is 3. The van der Waals surface area contributed by atoms with Gasteiger partial charge in [-0.25, -0.2) is 9.97 Å². The Morgan fingerprint density at radius 3 is 3.07 bits per heavy atom. The van der Waals surface area contributed by atoms with Crippen molar-refractivity contribution in [2.45, 2.75) is 18.9 Å². The van der Waals surface area contributed by atoms with Gasteiger partial charge < -0.3 is 19.7 Å². The molecule has 27 heavy (non-hydrogen) atoms. The summed E-state index contributed by atoms with van der Waals surface area (Å²) in [4.78, 5) is 19.9. The first kappa shape index (κ1) is 17.1. The van der Waals surface area contributed by atoms with E-state index in [1.165, 1.54) is 19.4 Å². The normalized spacial score (nSPS) is 26.3. The van der Waals surface area contributed by atoms with Gasteiger partial charge >= 0.3 is 0 Å². The zero-order valence-corrected chi connectivity index (χ0v) is 16.4. The smallest absolute Gasteiger partial charge is 0.145 e. The number of H-pyrrole nitrogens is 1. The lowest BCUT2D eigenvalue weighted by Gasteiger charge is -2.39. The van der Waals surface area contributed by atoms with Crippen LogP contribution in [0, 0.1) is 11.3 Å². The number of piperidine rings is 1. The Balaban J connectivity index is 1.38. The second kappa shape index (κ2) is 6.83. The number of likely N-dealkylation sites (N-methyl/N-ethyl adjacent to an activating group) is 1.